The van der Waals surface area contributed by atoms with E-state index in [0.717, 1.165) is 31.2 Å². The highest BCUT2D eigenvalue weighted by Gasteiger charge is 2.45. The minimum absolute atomic E-state index is 0.0494. The molecule has 0 radical (unpaired) electrons. The molecule has 2 aliphatic carbocycles. The lowest BCUT2D eigenvalue weighted by molar-refractivity contribution is -0.151. The monoisotopic (exact) mass is 533 g/mol. The van der Waals surface area contributed by atoms with Gasteiger partial charge in [0.1, 0.15) is 12.0 Å². The highest BCUT2D eigenvalue weighted by molar-refractivity contribution is 6.09. The van der Waals surface area contributed by atoms with Gasteiger partial charge in [-0.05, 0) is 80.3 Å². The molecule has 2 aromatic rings. The number of methoxy groups -OCH3 is 3. The molecule has 0 amide bonds. The van der Waals surface area contributed by atoms with E-state index >= 15 is 0 Å². The summed E-state index contributed by atoms with van der Waals surface area (Å²) in [5, 5.41) is 10.6. The summed E-state index contributed by atoms with van der Waals surface area (Å²) in [5.74, 6) is -0.393. The molecule has 1 heterocycles. The number of allylic oxidation sites excluding steroid dienone is 2. The van der Waals surface area contributed by atoms with E-state index in [9.17, 15) is 14.7 Å². The Morgan fingerprint density at radius 2 is 1.56 bits per heavy atom. The Morgan fingerprint density at radius 1 is 0.897 bits per heavy atom. The summed E-state index contributed by atoms with van der Waals surface area (Å²) in [4.78, 5) is 32.3. The molecule has 5 rings (SSSR count). The van der Waals surface area contributed by atoms with Crippen molar-refractivity contribution < 1.29 is 33.6 Å². The second-order valence-corrected chi connectivity index (χ2v) is 10.5. The standard InChI is InChI=1S/C31H35NO7/c1-17-28(31(35)39-21-7-5-6-8-21)29(19-10-11-25(36-2)23(33)14-19)30-22(32-17)13-20(15-24(30)34)18-9-12-26(37-3)27(16-18)38-4/h9-12,14,16,20-21,28-29,33H,5-8,13,15H2,1-4H3/t20-,28?,29+/m0/s1. The lowest BCUT2D eigenvalue weighted by atomic mass is 9.69. The number of esters is 1. The third kappa shape index (κ3) is 5.12. The molecule has 206 valence electrons. The van der Waals surface area contributed by atoms with Gasteiger partial charge < -0.3 is 24.1 Å². The summed E-state index contributed by atoms with van der Waals surface area (Å²) < 4.78 is 22.0. The van der Waals surface area contributed by atoms with Gasteiger partial charge in [0.15, 0.2) is 28.8 Å². The van der Waals surface area contributed by atoms with Crippen LogP contribution in [-0.4, -0.2) is 50.0 Å². The number of ether oxygens (including phenoxy) is 4. The van der Waals surface area contributed by atoms with Gasteiger partial charge in [-0.15, -0.1) is 0 Å². The molecule has 1 fully saturated rings. The molecule has 8 nitrogen and oxygen atoms in total. The van der Waals surface area contributed by atoms with Crippen LogP contribution >= 0.6 is 0 Å². The number of ketones is 1. The van der Waals surface area contributed by atoms with E-state index in [1.54, 1.807) is 32.4 Å². The third-order valence-corrected chi connectivity index (χ3v) is 8.17. The molecule has 1 N–H and O–H groups in total. The Balaban J connectivity index is 1.55. The second kappa shape index (κ2) is 11.1. The molecule has 3 atom stereocenters. The van der Waals surface area contributed by atoms with Gasteiger partial charge in [-0.1, -0.05) is 12.1 Å². The smallest absolute Gasteiger partial charge is 0.315 e. The van der Waals surface area contributed by atoms with Crippen LogP contribution < -0.4 is 14.2 Å². The molecule has 8 heteroatoms. The normalized spacial score (nSPS) is 23.2. The van der Waals surface area contributed by atoms with Crippen molar-refractivity contribution in [1.29, 1.82) is 0 Å². The molecule has 2 aromatic carbocycles. The first kappa shape index (κ1) is 26.8. The molecule has 3 aliphatic rings. The van der Waals surface area contributed by atoms with Gasteiger partial charge in [-0.25, -0.2) is 0 Å². The van der Waals surface area contributed by atoms with Crippen molar-refractivity contribution in [2.45, 2.75) is 63.4 Å². The van der Waals surface area contributed by atoms with E-state index in [-0.39, 0.29) is 35.9 Å². The molecular weight excluding hydrogens is 498 g/mol. The number of benzene rings is 2. The fourth-order valence-electron chi connectivity index (χ4n) is 6.21. The number of carbonyl (C=O) groups is 2. The number of rotatable bonds is 7. The van der Waals surface area contributed by atoms with E-state index in [1.165, 1.54) is 7.11 Å². The number of Topliss-reactive ketones (excluding diaryl/α,β-unsaturated/α-hetero) is 1. The number of phenolic OH excluding ortho intramolecular Hbond substituents is 1. The molecule has 0 spiro atoms. The van der Waals surface area contributed by atoms with Crippen LogP contribution in [0.1, 0.15) is 68.4 Å². The molecule has 39 heavy (non-hydrogen) atoms. The third-order valence-electron chi connectivity index (χ3n) is 8.17. The first-order chi connectivity index (χ1) is 18.8. The zero-order valence-electron chi connectivity index (χ0n) is 22.9. The second-order valence-electron chi connectivity index (χ2n) is 10.5. The minimum Gasteiger partial charge on any atom is -0.504 e. The van der Waals surface area contributed by atoms with Gasteiger partial charge in [-0.2, -0.15) is 0 Å². The molecular formula is C31H35NO7. The summed E-state index contributed by atoms with van der Waals surface area (Å²) in [7, 11) is 4.65. The maximum atomic E-state index is 13.9. The molecule has 1 saturated carbocycles. The quantitative estimate of drug-likeness (QED) is 0.470. The maximum absolute atomic E-state index is 13.9. The highest BCUT2D eigenvalue weighted by atomic mass is 16.5. The van der Waals surface area contributed by atoms with Crippen molar-refractivity contribution in [3.05, 3.63) is 58.8 Å². The Labute approximate surface area is 228 Å². The van der Waals surface area contributed by atoms with Crippen LogP contribution in [0.5, 0.6) is 23.0 Å². The van der Waals surface area contributed by atoms with Gasteiger partial charge in [0, 0.05) is 29.3 Å². The van der Waals surface area contributed by atoms with Crippen molar-refractivity contribution in [3.63, 3.8) is 0 Å². The minimum atomic E-state index is -0.751. The Kier molecular flexibility index (Phi) is 7.64. The number of nitrogens with zero attached hydrogens (tertiary/aromatic N) is 1. The molecule has 0 aromatic heterocycles. The summed E-state index contributed by atoms with van der Waals surface area (Å²) in [6, 6.07) is 10.7. The van der Waals surface area contributed by atoms with Crippen LogP contribution in [-0.2, 0) is 14.3 Å². The van der Waals surface area contributed by atoms with Gasteiger partial charge in [0.05, 0.1) is 21.3 Å². The summed E-state index contributed by atoms with van der Waals surface area (Å²) in [6.45, 7) is 1.82. The largest absolute Gasteiger partial charge is 0.504 e. The Hall–Kier alpha value is -3.81. The van der Waals surface area contributed by atoms with Crippen molar-refractivity contribution in [2.24, 2.45) is 10.9 Å². The average molecular weight is 534 g/mol. The van der Waals surface area contributed by atoms with Crippen molar-refractivity contribution in [3.8, 4) is 23.0 Å². The Bertz CT molecular complexity index is 1340. The van der Waals surface area contributed by atoms with E-state index in [0.29, 0.717) is 46.2 Å². The fraction of sp³-hybridized carbons (Fsp3) is 0.452. The fourth-order valence-corrected chi connectivity index (χ4v) is 6.21. The molecule has 1 aliphatic heterocycles. The topological polar surface area (TPSA) is 104 Å². The number of aromatic hydroxyl groups is 1. The number of carbonyl (C=O) groups excluding carboxylic acids is 2. The number of phenols is 1. The van der Waals surface area contributed by atoms with Crippen LogP contribution in [0.25, 0.3) is 0 Å². The van der Waals surface area contributed by atoms with Crippen LogP contribution in [0, 0.1) is 5.92 Å². The van der Waals surface area contributed by atoms with Crippen LogP contribution in [0.4, 0.5) is 0 Å². The summed E-state index contributed by atoms with van der Waals surface area (Å²) in [6.07, 6.45) is 4.48. The lowest BCUT2D eigenvalue weighted by Gasteiger charge is -2.37. The van der Waals surface area contributed by atoms with Crippen LogP contribution in [0.15, 0.2) is 52.7 Å². The van der Waals surface area contributed by atoms with Crippen LogP contribution in [0.2, 0.25) is 0 Å². The molecule has 0 bridgehead atoms. The number of aliphatic imine (C=N–C) groups is 1. The number of hydrogen-bond donors (Lipinski definition) is 1. The molecule has 1 unspecified atom stereocenters. The van der Waals surface area contributed by atoms with E-state index in [2.05, 4.69) is 0 Å². The van der Waals surface area contributed by atoms with Gasteiger partial charge in [0.25, 0.3) is 0 Å². The first-order valence-corrected chi connectivity index (χ1v) is 13.4. The van der Waals surface area contributed by atoms with E-state index < -0.39 is 11.8 Å². The van der Waals surface area contributed by atoms with Crippen molar-refractivity contribution >= 4 is 17.5 Å². The lowest BCUT2D eigenvalue weighted by Crippen LogP contribution is -2.39. The SMILES string of the molecule is COc1ccc([C@H]2C3=C(C[C@H](c4ccc(OC)c(OC)c4)CC3=O)N=C(C)C2C(=O)OC2CCCC2)cc1O. The Morgan fingerprint density at radius 3 is 2.23 bits per heavy atom. The van der Waals surface area contributed by atoms with Gasteiger partial charge in [0.2, 0.25) is 0 Å². The zero-order chi connectivity index (χ0) is 27.7. The van der Waals surface area contributed by atoms with E-state index in [1.807, 2.05) is 25.1 Å². The summed E-state index contributed by atoms with van der Waals surface area (Å²) in [5.41, 5.74) is 3.42. The van der Waals surface area contributed by atoms with Crippen molar-refractivity contribution in [2.75, 3.05) is 21.3 Å². The highest BCUT2D eigenvalue weighted by Crippen LogP contribution is 2.48. The average Bonchev–Trinajstić information content (AvgIpc) is 3.44. The summed E-state index contributed by atoms with van der Waals surface area (Å²) >= 11 is 0. The van der Waals surface area contributed by atoms with E-state index in [4.69, 9.17) is 23.9 Å². The van der Waals surface area contributed by atoms with Gasteiger partial charge >= 0.3 is 5.97 Å². The predicted octanol–water partition coefficient (Wildman–Crippen LogP) is 5.48. The maximum Gasteiger partial charge on any atom is 0.315 e. The molecule has 0 saturated heterocycles. The number of hydrogen-bond acceptors (Lipinski definition) is 8. The van der Waals surface area contributed by atoms with Crippen molar-refractivity contribution in [1.82, 2.24) is 0 Å². The van der Waals surface area contributed by atoms with Crippen LogP contribution in [0.3, 0.4) is 0 Å². The zero-order valence-corrected chi connectivity index (χ0v) is 22.9. The van der Waals surface area contributed by atoms with Gasteiger partial charge in [-0.3, -0.25) is 14.6 Å². The predicted molar refractivity (Wildman–Crippen MR) is 146 cm³/mol. The first-order valence-electron chi connectivity index (χ1n) is 13.4.